The van der Waals surface area contributed by atoms with E-state index in [1.54, 1.807) is 0 Å². The van der Waals surface area contributed by atoms with Gasteiger partial charge in [-0.1, -0.05) is 76.2 Å². The summed E-state index contributed by atoms with van der Waals surface area (Å²) in [5, 5.41) is 3.11. The molecule has 0 aliphatic heterocycles. The van der Waals surface area contributed by atoms with Crippen LogP contribution in [0.3, 0.4) is 0 Å². The molecule has 2 aromatic rings. The third kappa shape index (κ3) is 5.74. The fourth-order valence-electron chi connectivity index (χ4n) is 2.87. The van der Waals surface area contributed by atoms with Gasteiger partial charge < -0.3 is 5.32 Å². The molecule has 0 fully saturated rings. The van der Waals surface area contributed by atoms with Crippen LogP contribution in [0.2, 0.25) is 0 Å². The van der Waals surface area contributed by atoms with Crippen LogP contribution in [0.15, 0.2) is 48.5 Å². The van der Waals surface area contributed by atoms with E-state index in [0.717, 1.165) is 18.4 Å². The third-order valence-electron chi connectivity index (χ3n) is 4.73. The number of aryl methyl sites for hydroxylation is 2. The molecule has 0 aromatic heterocycles. The normalized spacial score (nSPS) is 12.7. The number of hydrogen-bond acceptors (Lipinski definition) is 1. The molecule has 0 unspecified atom stereocenters. The lowest BCUT2D eigenvalue weighted by Crippen LogP contribution is -2.26. The first kappa shape index (κ1) is 19.2. The molecule has 1 atom stereocenters. The summed E-state index contributed by atoms with van der Waals surface area (Å²) in [4.78, 5) is 12.2. The maximum absolute atomic E-state index is 12.2. The van der Waals surface area contributed by atoms with Gasteiger partial charge in [-0.25, -0.2) is 0 Å². The average Bonchev–Trinajstić information content (AvgIpc) is 2.59. The molecule has 0 saturated heterocycles. The van der Waals surface area contributed by atoms with Gasteiger partial charge in [-0.3, -0.25) is 4.79 Å². The van der Waals surface area contributed by atoms with E-state index in [4.69, 9.17) is 0 Å². The van der Waals surface area contributed by atoms with E-state index >= 15 is 0 Å². The first-order valence-corrected chi connectivity index (χ1v) is 9.27. The number of hydrogen-bond donors (Lipinski definition) is 1. The highest BCUT2D eigenvalue weighted by Crippen LogP contribution is 2.24. The molecule has 0 bridgehead atoms. The summed E-state index contributed by atoms with van der Waals surface area (Å²) in [7, 11) is 0. The van der Waals surface area contributed by atoms with Crippen LogP contribution in [0.25, 0.3) is 0 Å². The summed E-state index contributed by atoms with van der Waals surface area (Å²) in [6, 6.07) is 17.1. The van der Waals surface area contributed by atoms with Crippen LogP contribution in [-0.2, 0) is 23.1 Å². The minimum Gasteiger partial charge on any atom is -0.350 e. The minimum absolute atomic E-state index is 0.0315. The van der Waals surface area contributed by atoms with Gasteiger partial charge in [0, 0.05) is 6.42 Å². The van der Waals surface area contributed by atoms with Gasteiger partial charge in [0.05, 0.1) is 6.04 Å². The second-order valence-electron chi connectivity index (χ2n) is 7.83. The predicted molar refractivity (Wildman–Crippen MR) is 106 cm³/mol. The fraction of sp³-hybridized carbons (Fsp3) is 0.435. The number of carbonyl (C=O) groups is 1. The Morgan fingerprint density at radius 3 is 2.04 bits per heavy atom. The van der Waals surface area contributed by atoms with Crippen LogP contribution in [-0.4, -0.2) is 5.91 Å². The van der Waals surface area contributed by atoms with Crippen molar-refractivity contribution >= 4 is 5.91 Å². The molecular weight excluding hydrogens is 306 g/mol. The summed E-state index contributed by atoms with van der Waals surface area (Å²) in [6.45, 7) is 10.8. The van der Waals surface area contributed by atoms with Crippen LogP contribution in [0, 0.1) is 0 Å². The van der Waals surface area contributed by atoms with Crippen molar-refractivity contribution in [3.63, 3.8) is 0 Å². The molecule has 2 nitrogen and oxygen atoms in total. The zero-order chi connectivity index (χ0) is 18.4. The van der Waals surface area contributed by atoms with Crippen molar-refractivity contribution < 1.29 is 4.79 Å². The Balaban J connectivity index is 1.86. The highest BCUT2D eigenvalue weighted by Gasteiger charge is 2.15. The SMILES string of the molecule is CCc1ccc(CCC(=O)N[C@@H](C)c2ccc(C(C)(C)C)cc2)cc1. The Hall–Kier alpha value is -2.09. The zero-order valence-corrected chi connectivity index (χ0v) is 16.2. The summed E-state index contributed by atoms with van der Waals surface area (Å²) in [5.74, 6) is 0.104. The van der Waals surface area contributed by atoms with Crippen LogP contribution >= 0.6 is 0 Å². The molecule has 0 aliphatic carbocycles. The van der Waals surface area contributed by atoms with E-state index in [0.29, 0.717) is 6.42 Å². The largest absolute Gasteiger partial charge is 0.350 e. The van der Waals surface area contributed by atoms with Gasteiger partial charge in [-0.15, -0.1) is 0 Å². The van der Waals surface area contributed by atoms with Gasteiger partial charge in [0.25, 0.3) is 0 Å². The van der Waals surface area contributed by atoms with Gasteiger partial charge in [0.15, 0.2) is 0 Å². The molecule has 0 saturated carbocycles. The monoisotopic (exact) mass is 337 g/mol. The molecule has 25 heavy (non-hydrogen) atoms. The van der Waals surface area contributed by atoms with Gasteiger partial charge in [0.2, 0.25) is 5.91 Å². The van der Waals surface area contributed by atoms with Crippen molar-refractivity contribution in [3.05, 3.63) is 70.8 Å². The average molecular weight is 338 g/mol. The van der Waals surface area contributed by atoms with Gasteiger partial charge in [-0.2, -0.15) is 0 Å². The van der Waals surface area contributed by atoms with Crippen molar-refractivity contribution in [2.24, 2.45) is 0 Å². The van der Waals surface area contributed by atoms with Gasteiger partial charge in [-0.05, 0) is 47.4 Å². The Morgan fingerprint density at radius 2 is 1.52 bits per heavy atom. The number of amides is 1. The second kappa shape index (κ2) is 8.33. The summed E-state index contributed by atoms with van der Waals surface area (Å²) in [6.07, 6.45) is 2.35. The first-order chi connectivity index (χ1) is 11.8. The lowest BCUT2D eigenvalue weighted by Gasteiger charge is -2.20. The predicted octanol–water partition coefficient (Wildman–Crippen LogP) is 5.36. The topological polar surface area (TPSA) is 29.1 Å². The van der Waals surface area contributed by atoms with Gasteiger partial charge >= 0.3 is 0 Å². The van der Waals surface area contributed by atoms with E-state index in [1.807, 2.05) is 6.92 Å². The molecule has 1 amide bonds. The van der Waals surface area contributed by atoms with Crippen LogP contribution < -0.4 is 5.32 Å². The van der Waals surface area contributed by atoms with Gasteiger partial charge in [0.1, 0.15) is 0 Å². The molecule has 0 radical (unpaired) electrons. The van der Waals surface area contributed by atoms with E-state index in [-0.39, 0.29) is 17.4 Å². The van der Waals surface area contributed by atoms with E-state index < -0.39 is 0 Å². The summed E-state index contributed by atoms with van der Waals surface area (Å²) >= 11 is 0. The van der Waals surface area contributed by atoms with Crippen LogP contribution in [0.1, 0.15) is 69.3 Å². The van der Waals surface area contributed by atoms with Crippen molar-refractivity contribution in [2.45, 2.75) is 65.3 Å². The number of nitrogens with one attached hydrogen (secondary N) is 1. The first-order valence-electron chi connectivity index (χ1n) is 9.27. The summed E-state index contributed by atoms with van der Waals surface area (Å²) in [5.41, 5.74) is 5.16. The number of carbonyl (C=O) groups excluding carboxylic acids is 1. The van der Waals surface area contributed by atoms with Crippen molar-refractivity contribution in [2.75, 3.05) is 0 Å². The number of rotatable bonds is 6. The molecule has 2 rings (SSSR count). The second-order valence-corrected chi connectivity index (χ2v) is 7.83. The van der Waals surface area contributed by atoms with E-state index in [2.05, 4.69) is 81.5 Å². The lowest BCUT2D eigenvalue weighted by molar-refractivity contribution is -0.121. The molecule has 1 N–H and O–H groups in total. The lowest BCUT2D eigenvalue weighted by atomic mass is 9.86. The van der Waals surface area contributed by atoms with Crippen molar-refractivity contribution in [3.8, 4) is 0 Å². The highest BCUT2D eigenvalue weighted by molar-refractivity contribution is 5.76. The van der Waals surface area contributed by atoms with E-state index in [1.165, 1.54) is 16.7 Å². The Kier molecular flexibility index (Phi) is 6.41. The Labute approximate surface area is 152 Å². The third-order valence-corrected chi connectivity index (χ3v) is 4.73. The number of benzene rings is 2. The fourth-order valence-corrected chi connectivity index (χ4v) is 2.87. The Bertz CT molecular complexity index is 678. The van der Waals surface area contributed by atoms with Crippen molar-refractivity contribution in [1.29, 1.82) is 0 Å². The highest BCUT2D eigenvalue weighted by atomic mass is 16.1. The standard InChI is InChI=1S/C23H31NO/c1-6-18-7-9-19(10-8-18)11-16-22(25)24-17(2)20-12-14-21(15-13-20)23(3,4)5/h7-10,12-15,17H,6,11,16H2,1-5H3,(H,24,25)/t17-/m0/s1. The molecule has 2 aromatic carbocycles. The minimum atomic E-state index is 0.0315. The molecule has 134 valence electrons. The quantitative estimate of drug-likeness (QED) is 0.755. The summed E-state index contributed by atoms with van der Waals surface area (Å²) < 4.78 is 0. The maximum atomic E-state index is 12.2. The van der Waals surface area contributed by atoms with E-state index in [9.17, 15) is 4.79 Å². The smallest absolute Gasteiger partial charge is 0.220 e. The maximum Gasteiger partial charge on any atom is 0.220 e. The molecule has 0 aliphatic rings. The van der Waals surface area contributed by atoms with Crippen molar-refractivity contribution in [1.82, 2.24) is 5.32 Å². The molecule has 2 heteroatoms. The van der Waals surface area contributed by atoms with Crippen LogP contribution in [0.4, 0.5) is 0 Å². The Morgan fingerprint density at radius 1 is 0.960 bits per heavy atom. The van der Waals surface area contributed by atoms with Crippen LogP contribution in [0.5, 0.6) is 0 Å². The molecule has 0 heterocycles. The molecular formula is C23H31NO. The zero-order valence-electron chi connectivity index (χ0n) is 16.2. The molecule has 0 spiro atoms.